The molecule has 0 saturated carbocycles. The van der Waals surface area contributed by atoms with Gasteiger partial charge in [0.1, 0.15) is 0 Å². The lowest BCUT2D eigenvalue weighted by molar-refractivity contribution is -0.118. The van der Waals surface area contributed by atoms with Gasteiger partial charge < -0.3 is 9.84 Å². The fourth-order valence-corrected chi connectivity index (χ4v) is 3.04. The van der Waals surface area contributed by atoms with Gasteiger partial charge in [0.2, 0.25) is 0 Å². The molecule has 1 saturated heterocycles. The number of carbonyl (C=O) groups is 1. The zero-order chi connectivity index (χ0) is 13.6. The maximum Gasteiger partial charge on any atom is 0.159 e. The Balaban J connectivity index is 2.06. The first-order valence-corrected chi connectivity index (χ1v) is 6.82. The molecule has 0 bridgehead atoms. The van der Waals surface area contributed by atoms with Crippen LogP contribution in [0, 0.1) is 5.41 Å². The summed E-state index contributed by atoms with van der Waals surface area (Å²) in [5.74, 6) is 0.173. The number of Topliss-reactive ketones (excluding diaryl/α,β-unsaturated/α-hetero) is 1. The maximum atomic E-state index is 11.9. The van der Waals surface area contributed by atoms with Crippen LogP contribution in [0.5, 0.6) is 0 Å². The van der Waals surface area contributed by atoms with Gasteiger partial charge in [-0.25, -0.2) is 0 Å². The van der Waals surface area contributed by atoms with E-state index in [1.807, 2.05) is 13.0 Å². The third-order valence-electron chi connectivity index (χ3n) is 4.01. The molecule has 1 heterocycles. The van der Waals surface area contributed by atoms with Crippen molar-refractivity contribution in [2.75, 3.05) is 0 Å². The molecule has 0 aromatic rings. The molecule has 1 N–H and O–H groups in total. The first-order chi connectivity index (χ1) is 8.20. The van der Waals surface area contributed by atoms with E-state index in [-0.39, 0.29) is 23.4 Å². The van der Waals surface area contributed by atoms with Crippen LogP contribution in [0.4, 0.5) is 0 Å². The van der Waals surface area contributed by atoms with E-state index in [9.17, 15) is 9.90 Å². The van der Waals surface area contributed by atoms with Gasteiger partial charge in [0.25, 0.3) is 0 Å². The van der Waals surface area contributed by atoms with Crippen LogP contribution in [0.25, 0.3) is 0 Å². The quantitative estimate of drug-likeness (QED) is 0.840. The molecular weight excluding hydrogens is 228 g/mol. The summed E-state index contributed by atoms with van der Waals surface area (Å²) in [5, 5.41) is 10.6. The summed E-state index contributed by atoms with van der Waals surface area (Å²) in [6.07, 6.45) is 4.91. The van der Waals surface area contributed by atoms with Crippen molar-refractivity contribution in [2.24, 2.45) is 5.41 Å². The van der Waals surface area contributed by atoms with Gasteiger partial charge in [0.05, 0.1) is 17.8 Å². The third-order valence-corrected chi connectivity index (χ3v) is 4.01. The lowest BCUT2D eigenvalue weighted by atomic mass is 9.88. The van der Waals surface area contributed by atoms with Crippen molar-refractivity contribution in [1.29, 1.82) is 0 Å². The van der Waals surface area contributed by atoms with Crippen LogP contribution in [-0.2, 0) is 9.53 Å². The van der Waals surface area contributed by atoms with Crippen LogP contribution in [0.3, 0.4) is 0 Å². The van der Waals surface area contributed by atoms with E-state index in [0.717, 1.165) is 18.4 Å². The molecule has 0 amide bonds. The third kappa shape index (κ3) is 2.83. The normalized spacial score (nSPS) is 34.5. The molecule has 18 heavy (non-hydrogen) atoms. The summed E-state index contributed by atoms with van der Waals surface area (Å²) in [7, 11) is 0. The van der Waals surface area contributed by atoms with Gasteiger partial charge in [-0.2, -0.15) is 0 Å². The van der Waals surface area contributed by atoms with Crippen molar-refractivity contribution in [3.63, 3.8) is 0 Å². The van der Waals surface area contributed by atoms with E-state index in [1.54, 1.807) is 6.92 Å². The van der Waals surface area contributed by atoms with Crippen LogP contribution in [0.1, 0.15) is 53.4 Å². The van der Waals surface area contributed by atoms with Crippen molar-refractivity contribution in [2.45, 2.75) is 71.2 Å². The second-order valence-corrected chi connectivity index (χ2v) is 6.80. The van der Waals surface area contributed by atoms with E-state index in [0.29, 0.717) is 12.8 Å². The lowest BCUT2D eigenvalue weighted by Gasteiger charge is -2.30. The summed E-state index contributed by atoms with van der Waals surface area (Å²) in [4.78, 5) is 11.9. The molecule has 2 rings (SSSR count). The minimum atomic E-state index is -0.938. The summed E-state index contributed by atoms with van der Waals surface area (Å²) in [5.41, 5.74) is -0.230. The van der Waals surface area contributed by atoms with Gasteiger partial charge in [-0.15, -0.1) is 0 Å². The zero-order valence-electron chi connectivity index (χ0n) is 11.8. The van der Waals surface area contributed by atoms with Crippen molar-refractivity contribution < 1.29 is 14.6 Å². The maximum absolute atomic E-state index is 11.9. The number of aliphatic hydroxyl groups is 1. The summed E-state index contributed by atoms with van der Waals surface area (Å²) < 4.78 is 5.74. The number of hydrogen-bond acceptors (Lipinski definition) is 3. The van der Waals surface area contributed by atoms with E-state index >= 15 is 0 Å². The van der Waals surface area contributed by atoms with E-state index in [4.69, 9.17) is 4.74 Å². The molecule has 1 aliphatic heterocycles. The number of carbonyl (C=O) groups excluding carboxylic acids is 1. The Labute approximate surface area is 109 Å². The fourth-order valence-electron chi connectivity index (χ4n) is 3.04. The van der Waals surface area contributed by atoms with Crippen LogP contribution in [0.2, 0.25) is 0 Å². The molecule has 0 radical (unpaired) electrons. The Morgan fingerprint density at radius 1 is 1.50 bits per heavy atom. The second kappa shape index (κ2) is 4.46. The molecular formula is C15H24O3. The predicted octanol–water partition coefficient (Wildman–Crippen LogP) is 2.62. The number of allylic oxidation sites excluding steroid dienone is 1. The second-order valence-electron chi connectivity index (χ2n) is 6.80. The molecule has 2 aliphatic rings. The molecule has 3 atom stereocenters. The highest BCUT2D eigenvalue weighted by atomic mass is 16.5. The highest BCUT2D eigenvalue weighted by molar-refractivity contribution is 5.98. The molecule has 1 aliphatic carbocycles. The smallest absolute Gasteiger partial charge is 0.159 e. The first kappa shape index (κ1) is 13.8. The number of hydrogen-bond donors (Lipinski definition) is 1. The van der Waals surface area contributed by atoms with Crippen molar-refractivity contribution in [3.05, 3.63) is 11.6 Å². The molecule has 102 valence electrons. The van der Waals surface area contributed by atoms with Crippen molar-refractivity contribution in [3.8, 4) is 0 Å². The number of ketones is 1. The molecule has 0 aromatic carbocycles. The lowest BCUT2D eigenvalue weighted by Crippen LogP contribution is -2.40. The average molecular weight is 252 g/mol. The van der Waals surface area contributed by atoms with Crippen LogP contribution in [0.15, 0.2) is 11.6 Å². The summed E-state index contributed by atoms with van der Waals surface area (Å²) >= 11 is 0. The summed E-state index contributed by atoms with van der Waals surface area (Å²) in [6, 6.07) is 0. The Kier molecular flexibility index (Phi) is 3.41. The Morgan fingerprint density at radius 2 is 2.17 bits per heavy atom. The minimum absolute atomic E-state index is 0.0632. The van der Waals surface area contributed by atoms with E-state index in [2.05, 4.69) is 13.8 Å². The van der Waals surface area contributed by atoms with Gasteiger partial charge in [-0.3, -0.25) is 4.79 Å². The Morgan fingerprint density at radius 3 is 2.61 bits per heavy atom. The molecule has 0 unspecified atom stereocenters. The van der Waals surface area contributed by atoms with E-state index in [1.165, 1.54) is 0 Å². The monoisotopic (exact) mass is 252 g/mol. The highest BCUT2D eigenvalue weighted by Gasteiger charge is 2.41. The number of rotatable bonds is 3. The molecule has 0 aromatic heterocycles. The van der Waals surface area contributed by atoms with Gasteiger partial charge in [-0.1, -0.05) is 19.9 Å². The van der Waals surface area contributed by atoms with Crippen LogP contribution in [-0.4, -0.2) is 28.7 Å². The van der Waals surface area contributed by atoms with Gasteiger partial charge in [0.15, 0.2) is 5.78 Å². The predicted molar refractivity (Wildman–Crippen MR) is 70.3 cm³/mol. The summed E-state index contributed by atoms with van der Waals surface area (Å²) in [6.45, 7) is 7.93. The molecule has 3 heteroatoms. The van der Waals surface area contributed by atoms with Gasteiger partial charge >= 0.3 is 0 Å². The Hall–Kier alpha value is -0.670. The number of ether oxygens (including phenoxy) is 1. The zero-order valence-corrected chi connectivity index (χ0v) is 11.8. The largest absolute Gasteiger partial charge is 0.387 e. The van der Waals surface area contributed by atoms with Gasteiger partial charge in [0, 0.05) is 12.8 Å². The average Bonchev–Trinajstić information content (AvgIpc) is 2.71. The van der Waals surface area contributed by atoms with Gasteiger partial charge in [-0.05, 0) is 37.7 Å². The van der Waals surface area contributed by atoms with E-state index < -0.39 is 5.60 Å². The topological polar surface area (TPSA) is 46.5 Å². The molecule has 0 spiro atoms. The van der Waals surface area contributed by atoms with Crippen LogP contribution >= 0.6 is 0 Å². The molecule has 3 nitrogen and oxygen atoms in total. The Bertz CT molecular complexity index is 379. The molecule has 1 fully saturated rings. The standard InChI is InChI=1S/C15H24O3/c1-10-5-6-13(18-10)15(4,17)8-11-7-14(2,3)9-12(11)16/h7,10,13,17H,5-6,8-9H2,1-4H3/t10-,13-,15+/m0/s1. The van der Waals surface area contributed by atoms with Crippen molar-refractivity contribution in [1.82, 2.24) is 0 Å². The van der Waals surface area contributed by atoms with Crippen molar-refractivity contribution >= 4 is 5.78 Å². The highest BCUT2D eigenvalue weighted by Crippen LogP contribution is 2.38. The first-order valence-electron chi connectivity index (χ1n) is 6.82. The minimum Gasteiger partial charge on any atom is -0.387 e. The fraction of sp³-hybridized carbons (Fsp3) is 0.800. The van der Waals surface area contributed by atoms with Crippen LogP contribution < -0.4 is 0 Å². The SMILES string of the molecule is C[C@H]1CC[C@@H]([C@](C)(O)CC2=CC(C)(C)CC2=O)O1.